The molecule has 2 unspecified atom stereocenters. The second kappa shape index (κ2) is 4.09. The molecule has 14 heavy (non-hydrogen) atoms. The molecule has 0 aliphatic heterocycles. The number of alkyl halides is 6. The fraction of sp³-hybridized carbons (Fsp3) is 1.00. The Labute approximate surface area is 92.4 Å². The van der Waals surface area contributed by atoms with Crippen LogP contribution in [0.3, 0.4) is 0 Å². The van der Waals surface area contributed by atoms with Gasteiger partial charge in [-0.05, 0) is 12.8 Å². The molecule has 0 heterocycles. The highest BCUT2D eigenvalue weighted by atomic mass is 127. The first-order chi connectivity index (χ1) is 6.27. The van der Waals surface area contributed by atoms with Crippen LogP contribution in [0.4, 0.5) is 22.0 Å². The van der Waals surface area contributed by atoms with E-state index in [1.165, 1.54) is 0 Å². The van der Waals surface area contributed by atoms with Crippen molar-refractivity contribution in [3.05, 3.63) is 0 Å². The third kappa shape index (κ3) is 2.30. The van der Waals surface area contributed by atoms with E-state index in [1.54, 1.807) is 22.6 Å². The van der Waals surface area contributed by atoms with E-state index in [0.717, 1.165) is 6.42 Å². The van der Waals surface area contributed by atoms with E-state index in [-0.39, 0.29) is 6.42 Å². The maximum atomic E-state index is 12.9. The van der Waals surface area contributed by atoms with Crippen molar-refractivity contribution in [3.8, 4) is 0 Å². The maximum absolute atomic E-state index is 12.9. The van der Waals surface area contributed by atoms with Crippen molar-refractivity contribution >= 4 is 22.6 Å². The van der Waals surface area contributed by atoms with Crippen LogP contribution < -0.4 is 0 Å². The van der Waals surface area contributed by atoms with Crippen molar-refractivity contribution in [2.45, 2.75) is 41.7 Å². The maximum Gasteiger partial charge on any atom is 0.453 e. The molecule has 0 bridgehead atoms. The van der Waals surface area contributed by atoms with E-state index in [0.29, 0.717) is 12.8 Å². The zero-order valence-corrected chi connectivity index (χ0v) is 9.41. The molecule has 1 aliphatic rings. The summed E-state index contributed by atoms with van der Waals surface area (Å²) >= 11 is 1.70. The quantitative estimate of drug-likeness (QED) is 0.385. The summed E-state index contributed by atoms with van der Waals surface area (Å²) in [5.74, 6) is -6.07. The first-order valence-corrected chi connectivity index (χ1v) is 5.60. The number of rotatable bonds is 1. The summed E-state index contributed by atoms with van der Waals surface area (Å²) in [6.07, 6.45) is -3.76. The van der Waals surface area contributed by atoms with E-state index in [9.17, 15) is 22.0 Å². The lowest BCUT2D eigenvalue weighted by Gasteiger charge is -2.34. The minimum Gasteiger partial charge on any atom is -0.196 e. The fourth-order valence-corrected chi connectivity index (χ4v) is 2.96. The van der Waals surface area contributed by atoms with Gasteiger partial charge < -0.3 is 0 Å². The van der Waals surface area contributed by atoms with E-state index in [1.807, 2.05) is 0 Å². The Balaban J connectivity index is 2.79. The van der Waals surface area contributed by atoms with E-state index >= 15 is 0 Å². The molecule has 1 fully saturated rings. The van der Waals surface area contributed by atoms with Gasteiger partial charge >= 0.3 is 12.1 Å². The molecule has 0 amide bonds. The normalized spacial score (nSPS) is 30.4. The molecule has 0 spiro atoms. The van der Waals surface area contributed by atoms with Crippen LogP contribution in [0, 0.1) is 5.92 Å². The molecule has 6 heteroatoms. The van der Waals surface area contributed by atoms with E-state index in [2.05, 4.69) is 0 Å². The zero-order chi connectivity index (χ0) is 11.0. The molecule has 1 aliphatic carbocycles. The lowest BCUT2D eigenvalue weighted by Crippen LogP contribution is -2.47. The van der Waals surface area contributed by atoms with Crippen molar-refractivity contribution in [1.29, 1.82) is 0 Å². The van der Waals surface area contributed by atoms with Crippen LogP contribution >= 0.6 is 22.6 Å². The van der Waals surface area contributed by atoms with Gasteiger partial charge in [-0.25, -0.2) is 0 Å². The molecular weight excluding hydrogens is 318 g/mol. The minimum atomic E-state index is -5.40. The standard InChI is InChI=1S/C8H10F5I/c9-7(10,8(11,12)13)5-3-1-2-4-6(5)14/h5-6H,1-4H2. The zero-order valence-electron chi connectivity index (χ0n) is 7.25. The number of halogens is 6. The van der Waals surface area contributed by atoms with Gasteiger partial charge in [-0.3, -0.25) is 0 Å². The van der Waals surface area contributed by atoms with Gasteiger partial charge in [0.05, 0.1) is 0 Å². The Morgan fingerprint density at radius 1 is 0.929 bits per heavy atom. The highest BCUT2D eigenvalue weighted by Gasteiger charge is 2.63. The van der Waals surface area contributed by atoms with Crippen molar-refractivity contribution in [1.82, 2.24) is 0 Å². The van der Waals surface area contributed by atoms with Gasteiger partial charge in [0.15, 0.2) is 0 Å². The minimum absolute atomic E-state index is 0.0277. The van der Waals surface area contributed by atoms with Crippen LogP contribution in [0.2, 0.25) is 0 Å². The average molecular weight is 328 g/mol. The summed E-state index contributed by atoms with van der Waals surface area (Å²) < 4.78 is 61.4. The van der Waals surface area contributed by atoms with Crippen LogP contribution in [-0.2, 0) is 0 Å². The fourth-order valence-electron chi connectivity index (χ4n) is 1.70. The smallest absolute Gasteiger partial charge is 0.196 e. The van der Waals surface area contributed by atoms with Crippen molar-refractivity contribution in [2.24, 2.45) is 5.92 Å². The summed E-state index contributed by atoms with van der Waals surface area (Å²) in [6, 6.07) is 0. The third-order valence-electron chi connectivity index (χ3n) is 2.53. The average Bonchev–Trinajstić information content (AvgIpc) is 2.02. The SMILES string of the molecule is FC(F)(F)C(F)(F)C1CCCCC1I. The van der Waals surface area contributed by atoms with Crippen LogP contribution in [0.15, 0.2) is 0 Å². The Morgan fingerprint density at radius 2 is 1.43 bits per heavy atom. The lowest BCUT2D eigenvalue weighted by atomic mass is 9.84. The molecule has 0 aromatic rings. The second-order valence-electron chi connectivity index (χ2n) is 3.53. The van der Waals surface area contributed by atoms with Gasteiger partial charge in [-0.15, -0.1) is 0 Å². The van der Waals surface area contributed by atoms with Crippen LogP contribution in [0.25, 0.3) is 0 Å². The molecular formula is C8H10F5I. The molecule has 2 atom stereocenters. The van der Waals surface area contributed by atoms with Crippen LogP contribution in [-0.4, -0.2) is 16.0 Å². The molecule has 1 rings (SSSR count). The predicted molar refractivity (Wildman–Crippen MR) is 50.8 cm³/mol. The first kappa shape index (κ1) is 12.4. The van der Waals surface area contributed by atoms with Gasteiger partial charge in [-0.2, -0.15) is 22.0 Å². The van der Waals surface area contributed by atoms with Gasteiger partial charge in [0.1, 0.15) is 0 Å². The molecule has 84 valence electrons. The summed E-state index contributed by atoms with van der Waals surface area (Å²) in [5.41, 5.74) is 0. The van der Waals surface area contributed by atoms with Crippen molar-refractivity contribution < 1.29 is 22.0 Å². The monoisotopic (exact) mass is 328 g/mol. The molecule has 0 N–H and O–H groups in total. The lowest BCUT2D eigenvalue weighted by molar-refractivity contribution is -0.304. The first-order valence-electron chi connectivity index (χ1n) is 4.35. The Morgan fingerprint density at radius 3 is 1.86 bits per heavy atom. The van der Waals surface area contributed by atoms with Crippen LogP contribution in [0.1, 0.15) is 25.7 Å². The number of hydrogen-bond acceptors (Lipinski definition) is 0. The van der Waals surface area contributed by atoms with Gasteiger partial charge in [0, 0.05) is 9.84 Å². The summed E-state index contributed by atoms with van der Waals surface area (Å²) in [7, 11) is 0. The van der Waals surface area contributed by atoms with Crippen LogP contribution in [0.5, 0.6) is 0 Å². The molecule has 0 radical (unpaired) electrons. The Hall–Kier alpha value is 0.380. The van der Waals surface area contributed by atoms with Gasteiger partial charge in [-0.1, -0.05) is 35.4 Å². The molecule has 0 nitrogen and oxygen atoms in total. The van der Waals surface area contributed by atoms with Gasteiger partial charge in [0.2, 0.25) is 0 Å². The molecule has 0 aromatic carbocycles. The van der Waals surface area contributed by atoms with Crippen molar-refractivity contribution in [3.63, 3.8) is 0 Å². The molecule has 0 aromatic heterocycles. The van der Waals surface area contributed by atoms with Crippen molar-refractivity contribution in [2.75, 3.05) is 0 Å². The van der Waals surface area contributed by atoms with E-state index < -0.39 is 21.9 Å². The number of hydrogen-bond donors (Lipinski definition) is 0. The largest absolute Gasteiger partial charge is 0.453 e. The summed E-state index contributed by atoms with van der Waals surface area (Å²) in [4.78, 5) is 0. The second-order valence-corrected chi connectivity index (χ2v) is 5.13. The summed E-state index contributed by atoms with van der Waals surface area (Å²) in [6.45, 7) is 0. The Kier molecular flexibility index (Phi) is 3.64. The molecule has 1 saturated carbocycles. The predicted octanol–water partition coefficient (Wildman–Crippen LogP) is 4.18. The Bertz CT molecular complexity index is 200. The topological polar surface area (TPSA) is 0 Å². The highest BCUT2D eigenvalue weighted by molar-refractivity contribution is 14.1. The third-order valence-corrected chi connectivity index (χ3v) is 4.02. The highest BCUT2D eigenvalue weighted by Crippen LogP contribution is 2.48. The summed E-state index contributed by atoms with van der Waals surface area (Å²) in [5, 5.41) is 0. The van der Waals surface area contributed by atoms with E-state index in [4.69, 9.17) is 0 Å². The van der Waals surface area contributed by atoms with Gasteiger partial charge in [0.25, 0.3) is 0 Å². The molecule has 0 saturated heterocycles.